The zero-order chi connectivity index (χ0) is 25.3. The summed E-state index contributed by atoms with van der Waals surface area (Å²) in [5.41, 5.74) is 5.67. The molecule has 2 aliphatic rings. The lowest BCUT2D eigenvalue weighted by Crippen LogP contribution is -2.43. The molecule has 2 aliphatic heterocycles. The molecule has 4 rings (SSSR count). The molecule has 188 valence electrons. The minimum Gasteiger partial charge on any atom is -0.387 e. The van der Waals surface area contributed by atoms with Gasteiger partial charge in [0.1, 0.15) is 36.6 Å². The van der Waals surface area contributed by atoms with Crippen LogP contribution in [0.25, 0.3) is 0 Å². The van der Waals surface area contributed by atoms with Gasteiger partial charge in [-0.05, 0) is 24.6 Å². The first-order valence-electron chi connectivity index (χ1n) is 11.0. The van der Waals surface area contributed by atoms with Gasteiger partial charge in [-0.15, -0.1) is 0 Å². The molecule has 2 saturated heterocycles. The van der Waals surface area contributed by atoms with Crippen molar-refractivity contribution in [3.05, 3.63) is 68.5 Å². The number of hydrogen-bond acceptors (Lipinski definition) is 10. The minimum absolute atomic E-state index is 0.0732. The predicted octanol–water partition coefficient (Wildman–Crippen LogP) is -2.69. The van der Waals surface area contributed by atoms with Crippen molar-refractivity contribution in [1.82, 2.24) is 9.55 Å². The summed E-state index contributed by atoms with van der Waals surface area (Å²) in [6, 6.07) is 8.35. The molecule has 9 atom stereocenters. The molecule has 2 aromatic rings. The highest BCUT2D eigenvalue weighted by atomic mass is 16.7. The van der Waals surface area contributed by atoms with Crippen molar-refractivity contribution in [2.75, 3.05) is 6.54 Å². The zero-order valence-corrected chi connectivity index (χ0v) is 18.7. The first-order chi connectivity index (χ1) is 16.7. The van der Waals surface area contributed by atoms with E-state index in [-0.39, 0.29) is 6.54 Å². The third-order valence-corrected chi connectivity index (χ3v) is 5.91. The summed E-state index contributed by atoms with van der Waals surface area (Å²) >= 11 is 0. The van der Waals surface area contributed by atoms with Crippen molar-refractivity contribution < 1.29 is 34.6 Å². The van der Waals surface area contributed by atoms with Gasteiger partial charge in [-0.2, -0.15) is 0 Å². The Morgan fingerprint density at radius 1 is 1.11 bits per heavy atom. The van der Waals surface area contributed by atoms with Gasteiger partial charge < -0.3 is 40.4 Å². The molecule has 12 nitrogen and oxygen atoms in total. The molecule has 0 amide bonds. The summed E-state index contributed by atoms with van der Waals surface area (Å²) in [7, 11) is 0. The lowest BCUT2D eigenvalue weighted by atomic mass is 10.0. The largest absolute Gasteiger partial charge is 0.387 e. The van der Waals surface area contributed by atoms with Gasteiger partial charge in [0.25, 0.3) is 5.56 Å². The van der Waals surface area contributed by atoms with Crippen LogP contribution in [-0.4, -0.2) is 85.5 Å². The highest BCUT2D eigenvalue weighted by Crippen LogP contribution is 2.33. The van der Waals surface area contributed by atoms with E-state index >= 15 is 0 Å². The highest BCUT2D eigenvalue weighted by molar-refractivity contribution is 5.37. The molecule has 2 fully saturated rings. The third-order valence-electron chi connectivity index (χ3n) is 5.91. The molecular formula is C23H27N3O9. The Balaban J connectivity index is 1.65. The van der Waals surface area contributed by atoms with Crippen LogP contribution in [0.2, 0.25) is 0 Å². The smallest absolute Gasteiger partial charge is 0.330 e. The van der Waals surface area contributed by atoms with E-state index in [1.807, 2.05) is 25.1 Å². The number of rotatable bonds is 5. The number of nitrogens with two attached hydrogens (primary N) is 1. The molecule has 0 saturated carbocycles. The van der Waals surface area contributed by atoms with E-state index in [1.165, 1.54) is 0 Å². The summed E-state index contributed by atoms with van der Waals surface area (Å²) in [5, 5.41) is 41.8. The fourth-order valence-electron chi connectivity index (χ4n) is 4.03. The molecule has 0 spiro atoms. The summed E-state index contributed by atoms with van der Waals surface area (Å²) in [6.07, 6.45) is -10.9. The van der Waals surface area contributed by atoms with Gasteiger partial charge in [0.15, 0.2) is 18.6 Å². The molecular weight excluding hydrogens is 462 g/mol. The molecule has 35 heavy (non-hydrogen) atoms. The maximum absolute atomic E-state index is 12.2. The van der Waals surface area contributed by atoms with Gasteiger partial charge in [-0.1, -0.05) is 24.0 Å². The van der Waals surface area contributed by atoms with Crippen LogP contribution in [0.5, 0.6) is 0 Å². The SMILES string of the molecule is Cc1cccc(C#C[C@H](O[C@@H]2O[C@H](CN)[C@@H](O)[C@H]2O)[C@H]2O[C@@H](n3ccc(=O)[nH]c3=O)[C@H](O)[C@@H]2O)c1. The number of aromatic nitrogens is 2. The lowest BCUT2D eigenvalue weighted by Gasteiger charge is -2.26. The molecule has 3 heterocycles. The monoisotopic (exact) mass is 489 g/mol. The van der Waals surface area contributed by atoms with E-state index in [2.05, 4.69) is 16.8 Å². The van der Waals surface area contributed by atoms with E-state index in [1.54, 1.807) is 6.07 Å². The van der Waals surface area contributed by atoms with Crippen molar-refractivity contribution >= 4 is 0 Å². The summed E-state index contributed by atoms with van der Waals surface area (Å²) in [4.78, 5) is 25.7. The standard InChI is InChI=1S/C23H27N3O9/c1-11-3-2-4-12(9-11)5-6-13(33-22-19(31)16(28)14(10-24)34-22)20-17(29)18(30)21(35-20)26-8-7-15(27)25-23(26)32/h2-4,7-9,13-14,16-22,28-31H,10,24H2,1H3,(H,25,27,32)/t13-,14+,16+,17-,18+,19+,20+,21+,22+/m0/s1. The Kier molecular flexibility index (Phi) is 7.50. The van der Waals surface area contributed by atoms with Gasteiger partial charge >= 0.3 is 5.69 Å². The molecule has 1 aromatic carbocycles. The fourth-order valence-corrected chi connectivity index (χ4v) is 4.03. The van der Waals surface area contributed by atoms with E-state index in [0.717, 1.165) is 22.4 Å². The predicted molar refractivity (Wildman–Crippen MR) is 120 cm³/mol. The first-order valence-corrected chi connectivity index (χ1v) is 11.0. The van der Waals surface area contributed by atoms with Crippen LogP contribution >= 0.6 is 0 Å². The number of benzene rings is 1. The van der Waals surface area contributed by atoms with E-state index < -0.39 is 66.5 Å². The van der Waals surface area contributed by atoms with Gasteiger partial charge in [0.05, 0.1) is 0 Å². The number of aromatic amines is 1. The summed E-state index contributed by atoms with van der Waals surface area (Å²) < 4.78 is 18.0. The van der Waals surface area contributed by atoms with Crippen molar-refractivity contribution in [3.8, 4) is 11.8 Å². The van der Waals surface area contributed by atoms with Gasteiger partial charge in [-0.25, -0.2) is 4.79 Å². The van der Waals surface area contributed by atoms with Crippen LogP contribution in [0.1, 0.15) is 17.4 Å². The number of aliphatic hydroxyl groups excluding tert-OH is 4. The van der Waals surface area contributed by atoms with Crippen molar-refractivity contribution in [3.63, 3.8) is 0 Å². The van der Waals surface area contributed by atoms with Crippen LogP contribution in [0.4, 0.5) is 0 Å². The average molecular weight is 489 g/mol. The van der Waals surface area contributed by atoms with Crippen LogP contribution in [0, 0.1) is 18.8 Å². The molecule has 7 N–H and O–H groups in total. The Hall–Kier alpha value is -2.86. The Morgan fingerprint density at radius 2 is 1.89 bits per heavy atom. The Labute approximate surface area is 199 Å². The van der Waals surface area contributed by atoms with Crippen molar-refractivity contribution in [2.45, 2.75) is 62.2 Å². The second-order valence-electron chi connectivity index (χ2n) is 8.45. The van der Waals surface area contributed by atoms with Gasteiger partial charge in [0.2, 0.25) is 0 Å². The first kappa shape index (κ1) is 25.2. The molecule has 0 bridgehead atoms. The van der Waals surface area contributed by atoms with Crippen LogP contribution in [0.15, 0.2) is 46.1 Å². The third kappa shape index (κ3) is 5.22. The number of aryl methyl sites for hydroxylation is 1. The second-order valence-corrected chi connectivity index (χ2v) is 8.45. The van der Waals surface area contributed by atoms with E-state index in [9.17, 15) is 30.0 Å². The molecule has 12 heteroatoms. The van der Waals surface area contributed by atoms with Crippen molar-refractivity contribution in [2.24, 2.45) is 5.73 Å². The van der Waals surface area contributed by atoms with Gasteiger partial charge in [0, 0.05) is 24.4 Å². The Morgan fingerprint density at radius 3 is 2.54 bits per heavy atom. The quantitative estimate of drug-likeness (QED) is 0.241. The zero-order valence-electron chi connectivity index (χ0n) is 18.7. The number of nitrogens with one attached hydrogen (secondary N) is 1. The van der Waals surface area contributed by atoms with E-state index in [4.69, 9.17) is 19.9 Å². The van der Waals surface area contributed by atoms with Gasteiger partial charge in [-0.3, -0.25) is 14.3 Å². The number of nitrogens with zero attached hydrogens (tertiary/aromatic N) is 1. The van der Waals surface area contributed by atoms with Crippen LogP contribution in [-0.2, 0) is 14.2 Å². The molecule has 0 radical (unpaired) electrons. The maximum Gasteiger partial charge on any atom is 0.330 e. The maximum atomic E-state index is 12.2. The fraction of sp³-hybridized carbons (Fsp3) is 0.478. The molecule has 0 aliphatic carbocycles. The van der Waals surface area contributed by atoms with Crippen molar-refractivity contribution in [1.29, 1.82) is 0 Å². The lowest BCUT2D eigenvalue weighted by molar-refractivity contribution is -0.205. The summed E-state index contributed by atoms with van der Waals surface area (Å²) in [6.45, 7) is 1.82. The van der Waals surface area contributed by atoms with Crippen LogP contribution in [0.3, 0.4) is 0 Å². The number of ether oxygens (including phenoxy) is 3. The highest BCUT2D eigenvalue weighted by Gasteiger charge is 2.50. The normalized spacial score (nSPS) is 33.3. The topological polar surface area (TPSA) is 189 Å². The Bertz CT molecular complexity index is 1220. The number of hydrogen-bond donors (Lipinski definition) is 6. The molecule has 1 aromatic heterocycles. The van der Waals surface area contributed by atoms with Crippen LogP contribution < -0.4 is 17.0 Å². The number of H-pyrrole nitrogens is 1. The minimum atomic E-state index is -1.58. The number of aliphatic hydroxyl groups is 4. The molecule has 0 unspecified atom stereocenters. The summed E-state index contributed by atoms with van der Waals surface area (Å²) in [5.74, 6) is 5.74. The average Bonchev–Trinajstić information content (AvgIpc) is 3.27. The van der Waals surface area contributed by atoms with E-state index in [0.29, 0.717) is 5.56 Å². The second kappa shape index (κ2) is 10.4.